The Bertz CT molecular complexity index is 2120. The van der Waals surface area contributed by atoms with Gasteiger partial charge in [0, 0.05) is 18.5 Å². The summed E-state index contributed by atoms with van der Waals surface area (Å²) in [6, 6.07) is 10.1. The first-order valence-electron chi connectivity index (χ1n) is 24.7. The Morgan fingerprint density at radius 2 is 1.45 bits per heavy atom. The van der Waals surface area contributed by atoms with E-state index in [1.807, 2.05) is 19.1 Å². The molecule has 4 fully saturated rings. The van der Waals surface area contributed by atoms with Gasteiger partial charge in [0.05, 0.1) is 30.2 Å². The zero-order valence-electron chi connectivity index (χ0n) is 41.4. The summed E-state index contributed by atoms with van der Waals surface area (Å²) in [4.78, 5) is 92.4. The van der Waals surface area contributed by atoms with Crippen molar-refractivity contribution in [1.29, 1.82) is 0 Å². The summed E-state index contributed by atoms with van der Waals surface area (Å²) in [5.41, 5.74) is 14.5. The van der Waals surface area contributed by atoms with Crippen LogP contribution < -0.4 is 43.4 Å². The summed E-state index contributed by atoms with van der Waals surface area (Å²) in [6.45, 7) is 13.5. The van der Waals surface area contributed by atoms with Gasteiger partial charge >= 0.3 is 7.12 Å². The lowest BCUT2D eigenvalue weighted by molar-refractivity contribution is -0.199. The van der Waals surface area contributed by atoms with Crippen LogP contribution >= 0.6 is 0 Å². The van der Waals surface area contributed by atoms with Crippen molar-refractivity contribution in [3.05, 3.63) is 59.7 Å². The number of aryl methyl sites for hydroxylation is 1. The number of nitrogens with one attached hydrogen (secondary N) is 6. The van der Waals surface area contributed by atoms with Crippen molar-refractivity contribution < 1.29 is 48.0 Å². The molecule has 6 rings (SSSR count). The second-order valence-corrected chi connectivity index (χ2v) is 19.8. The number of carbonyl (C=O) groups excluding carboxylic acids is 7. The fraction of sp³-hybridized carbons (Fsp3) is 0.620. The van der Waals surface area contributed by atoms with Gasteiger partial charge in [0.25, 0.3) is 5.91 Å². The maximum atomic E-state index is 13.7. The SMILES string of the molecule is CCCCc1ccc(-c2ccc(C(=O)NCCC(=O)N[C@@H](CCCCN)C(=O)N[C@H](C(=O)N[C@@H](C)C(=O)N[C@@H](CC(N)=O)C(=O)N[C@@H](CC)B3OC4C[C@@H]5C[C@@H](C5(C)C)[C@]4(C)O3)[C@@H](C)O)cc2)cc1. The van der Waals surface area contributed by atoms with E-state index in [-0.39, 0.29) is 36.8 Å². The molecule has 0 aromatic heterocycles. The normalized spacial score (nSPS) is 22.5. The highest BCUT2D eigenvalue weighted by Gasteiger charge is 2.68. The Hall–Kier alpha value is -5.37. The molecule has 3 saturated carbocycles. The van der Waals surface area contributed by atoms with E-state index in [0.717, 1.165) is 43.2 Å². The molecule has 2 aromatic carbocycles. The van der Waals surface area contributed by atoms with E-state index in [9.17, 15) is 38.7 Å². The fourth-order valence-electron chi connectivity index (χ4n) is 9.93. The molecule has 4 aliphatic rings. The molecule has 2 bridgehead atoms. The standard InChI is InChI=1S/C50H75BN8O10/c1-8-10-13-31-15-17-32(18-16-31)33-19-21-34(22-20-33)45(64)54-25-23-42(62)56-36(14-11-12-24-52)46(65)59-43(30(4)60)48(67)55-29(3)44(63)57-37(28-41(53)61)47(66)58-40(9-2)51-68-39-27-35-26-38(49(35,5)6)50(39,7)69-51/h15-22,29-30,35-40,43,60H,8-14,23-28,52H2,1-7H3,(H2,53,61)(H,54,64)(H,55,67)(H,56,62)(H,57,63)(H,58,66)(H,59,65)/t29-,30+,35-,36-,37-,38-,39?,40-,43-,50-/m0/s1. The number of unbranched alkanes of at least 4 members (excludes halogenated alkanes) is 2. The molecule has 19 heteroatoms. The van der Waals surface area contributed by atoms with Gasteiger partial charge in [-0.2, -0.15) is 0 Å². The lowest BCUT2D eigenvalue weighted by Crippen LogP contribution is -2.65. The highest BCUT2D eigenvalue weighted by molar-refractivity contribution is 6.48. The van der Waals surface area contributed by atoms with Gasteiger partial charge in [0.1, 0.15) is 24.2 Å². The van der Waals surface area contributed by atoms with Gasteiger partial charge < -0.3 is 57.8 Å². The van der Waals surface area contributed by atoms with Crippen molar-refractivity contribution in [2.75, 3.05) is 13.1 Å². The van der Waals surface area contributed by atoms with E-state index >= 15 is 0 Å². The molecule has 69 heavy (non-hydrogen) atoms. The number of nitrogens with two attached hydrogens (primary N) is 2. The Morgan fingerprint density at radius 3 is 2.04 bits per heavy atom. The highest BCUT2D eigenvalue weighted by atomic mass is 16.7. The summed E-state index contributed by atoms with van der Waals surface area (Å²) in [6.07, 6.45) is 4.49. The molecular weight excluding hydrogens is 883 g/mol. The van der Waals surface area contributed by atoms with Crippen molar-refractivity contribution in [1.82, 2.24) is 31.9 Å². The largest absolute Gasteiger partial charge is 0.481 e. The second-order valence-electron chi connectivity index (χ2n) is 19.8. The van der Waals surface area contributed by atoms with Crippen LogP contribution in [0.3, 0.4) is 0 Å². The molecule has 1 heterocycles. The molecule has 1 saturated heterocycles. The van der Waals surface area contributed by atoms with Crippen LogP contribution in [0, 0.1) is 17.3 Å². The summed E-state index contributed by atoms with van der Waals surface area (Å²) in [7, 11) is -0.750. The quantitative estimate of drug-likeness (QED) is 0.0488. The summed E-state index contributed by atoms with van der Waals surface area (Å²) in [5, 5.41) is 26.3. The first-order chi connectivity index (χ1) is 32.7. The van der Waals surface area contributed by atoms with Crippen LogP contribution in [-0.4, -0.2) is 115 Å². The van der Waals surface area contributed by atoms with E-state index in [1.54, 1.807) is 12.1 Å². The third-order valence-corrected chi connectivity index (χ3v) is 14.4. The smallest absolute Gasteiger partial charge is 0.404 e. The van der Waals surface area contributed by atoms with E-state index in [0.29, 0.717) is 43.2 Å². The Morgan fingerprint density at radius 1 is 0.797 bits per heavy atom. The maximum Gasteiger partial charge on any atom is 0.481 e. The van der Waals surface area contributed by atoms with E-state index < -0.39 is 90.8 Å². The molecule has 378 valence electrons. The third kappa shape index (κ3) is 13.9. The first-order valence-corrected chi connectivity index (χ1v) is 24.7. The maximum absolute atomic E-state index is 13.7. The van der Waals surface area contributed by atoms with Gasteiger partial charge in [-0.3, -0.25) is 33.6 Å². The summed E-state index contributed by atoms with van der Waals surface area (Å²) in [5.74, 6) is -4.80. The van der Waals surface area contributed by atoms with Crippen LogP contribution in [-0.2, 0) is 44.5 Å². The third-order valence-electron chi connectivity index (χ3n) is 14.4. The predicted molar refractivity (Wildman–Crippen MR) is 262 cm³/mol. The average Bonchev–Trinajstić information content (AvgIpc) is 3.68. The van der Waals surface area contributed by atoms with E-state index in [1.165, 1.54) is 19.4 Å². The van der Waals surface area contributed by atoms with Gasteiger partial charge in [-0.15, -0.1) is 0 Å². The van der Waals surface area contributed by atoms with Crippen molar-refractivity contribution in [3.63, 3.8) is 0 Å². The van der Waals surface area contributed by atoms with Crippen LogP contribution in [0.2, 0.25) is 0 Å². The molecule has 18 nitrogen and oxygen atoms in total. The number of benzene rings is 2. The Balaban J connectivity index is 1.11. The van der Waals surface area contributed by atoms with Gasteiger partial charge in [0.15, 0.2) is 0 Å². The van der Waals surface area contributed by atoms with Gasteiger partial charge in [-0.1, -0.05) is 70.5 Å². The number of aliphatic hydroxyl groups is 1. The minimum Gasteiger partial charge on any atom is -0.404 e. The molecule has 10 atom stereocenters. The lowest BCUT2D eigenvalue weighted by atomic mass is 9.43. The van der Waals surface area contributed by atoms with Crippen LogP contribution in [0.15, 0.2) is 48.5 Å². The number of primary amides is 1. The molecule has 2 aromatic rings. The van der Waals surface area contributed by atoms with Crippen molar-refractivity contribution in [3.8, 4) is 11.1 Å². The second kappa shape index (κ2) is 24.5. The van der Waals surface area contributed by atoms with Crippen LogP contribution in [0.25, 0.3) is 11.1 Å². The van der Waals surface area contributed by atoms with Gasteiger partial charge in [-0.25, -0.2) is 0 Å². The fourth-order valence-corrected chi connectivity index (χ4v) is 9.93. The number of hydrogen-bond acceptors (Lipinski definition) is 11. The number of rotatable bonds is 26. The monoisotopic (exact) mass is 959 g/mol. The molecule has 0 radical (unpaired) electrons. The lowest BCUT2D eigenvalue weighted by Gasteiger charge is -2.64. The summed E-state index contributed by atoms with van der Waals surface area (Å²) >= 11 is 0. The Kier molecular flexibility index (Phi) is 19.3. The van der Waals surface area contributed by atoms with Gasteiger partial charge in [0.2, 0.25) is 35.4 Å². The Labute approximate surface area is 406 Å². The predicted octanol–water partition coefficient (Wildman–Crippen LogP) is 2.32. The van der Waals surface area contributed by atoms with Gasteiger partial charge in [-0.05, 0) is 125 Å². The van der Waals surface area contributed by atoms with E-state index in [4.69, 9.17) is 20.8 Å². The minimum atomic E-state index is -1.57. The zero-order chi connectivity index (χ0) is 50.6. The van der Waals surface area contributed by atoms with Crippen LogP contribution in [0.5, 0.6) is 0 Å². The summed E-state index contributed by atoms with van der Waals surface area (Å²) < 4.78 is 12.9. The minimum absolute atomic E-state index is 0.0226. The molecule has 1 unspecified atom stereocenters. The highest BCUT2D eigenvalue weighted by Crippen LogP contribution is 2.65. The average molecular weight is 959 g/mol. The van der Waals surface area contributed by atoms with Crippen molar-refractivity contribution >= 4 is 48.5 Å². The molecular formula is C50H75BN8O10. The molecule has 1 aliphatic heterocycles. The van der Waals surface area contributed by atoms with E-state index in [2.05, 4.69) is 83.9 Å². The van der Waals surface area contributed by atoms with Crippen molar-refractivity contribution in [2.24, 2.45) is 28.7 Å². The molecule has 11 N–H and O–H groups in total. The van der Waals surface area contributed by atoms with Crippen LogP contribution in [0.4, 0.5) is 0 Å². The number of aliphatic hydroxyl groups excluding tert-OH is 1. The first kappa shape index (κ1) is 54.6. The number of hydrogen-bond donors (Lipinski definition) is 9. The zero-order valence-corrected chi connectivity index (χ0v) is 41.4. The molecule has 7 amide bonds. The van der Waals surface area contributed by atoms with Crippen molar-refractivity contribution in [2.45, 2.75) is 167 Å². The number of amides is 7. The number of carbonyl (C=O) groups is 7. The molecule has 3 aliphatic carbocycles. The topological polar surface area (TPSA) is 282 Å². The molecule has 0 spiro atoms. The van der Waals surface area contributed by atoms with Crippen LogP contribution in [0.1, 0.15) is 129 Å².